The molecule has 1 heterocycles. The lowest BCUT2D eigenvalue weighted by molar-refractivity contribution is 0.521. The van der Waals surface area contributed by atoms with Crippen LogP contribution in [-0.4, -0.2) is 16.3 Å². The van der Waals surface area contributed by atoms with Gasteiger partial charge < -0.3 is 5.32 Å². The highest BCUT2D eigenvalue weighted by Gasteiger charge is 2.14. The quantitative estimate of drug-likeness (QED) is 0.844. The maximum Gasteiger partial charge on any atom is 0.0643 e. The predicted molar refractivity (Wildman–Crippen MR) is 87.1 cm³/mol. The normalized spacial score (nSPS) is 12.6. The molecular weight excluding hydrogens is 338 g/mol. The van der Waals surface area contributed by atoms with Gasteiger partial charge >= 0.3 is 0 Å². The van der Waals surface area contributed by atoms with Crippen molar-refractivity contribution < 1.29 is 0 Å². The van der Waals surface area contributed by atoms with Crippen LogP contribution in [0, 0.1) is 0 Å². The van der Waals surface area contributed by atoms with Crippen LogP contribution in [0.1, 0.15) is 30.6 Å². The smallest absolute Gasteiger partial charge is 0.0643 e. The van der Waals surface area contributed by atoms with E-state index in [1.807, 2.05) is 24.0 Å². The fraction of sp³-hybridized carbons (Fsp3) is 0.400. The summed E-state index contributed by atoms with van der Waals surface area (Å²) in [5.74, 6) is 0. The second-order valence-electron chi connectivity index (χ2n) is 4.87. The highest BCUT2D eigenvalue weighted by atomic mass is 79.9. The van der Waals surface area contributed by atoms with Crippen LogP contribution in [0.5, 0.6) is 0 Å². The zero-order chi connectivity index (χ0) is 14.5. The number of aryl methyl sites for hydroxylation is 1. The molecule has 0 aliphatic carbocycles. The Balaban J connectivity index is 2.19. The van der Waals surface area contributed by atoms with Gasteiger partial charge in [0.05, 0.1) is 10.7 Å². The van der Waals surface area contributed by atoms with Gasteiger partial charge in [-0.05, 0) is 52.7 Å². The summed E-state index contributed by atoms with van der Waals surface area (Å²) in [7, 11) is 1.94. The highest BCUT2D eigenvalue weighted by Crippen LogP contribution is 2.27. The largest absolute Gasteiger partial charge is 0.310 e. The second-order valence-corrected chi connectivity index (χ2v) is 6.13. The minimum atomic E-state index is 0.249. The Morgan fingerprint density at radius 1 is 1.40 bits per heavy atom. The SMILES string of the molecule is CCCNC(Cc1ccn(C)n1)c1ccc(Cl)c(Br)c1. The fourth-order valence-corrected chi connectivity index (χ4v) is 2.65. The Morgan fingerprint density at radius 2 is 2.20 bits per heavy atom. The highest BCUT2D eigenvalue weighted by molar-refractivity contribution is 9.10. The van der Waals surface area contributed by atoms with Crippen molar-refractivity contribution in [3.8, 4) is 0 Å². The summed E-state index contributed by atoms with van der Waals surface area (Å²) < 4.78 is 2.77. The molecule has 1 aromatic carbocycles. The number of rotatable bonds is 6. The van der Waals surface area contributed by atoms with Crippen LogP contribution in [0.2, 0.25) is 5.02 Å². The summed E-state index contributed by atoms with van der Waals surface area (Å²) in [4.78, 5) is 0. The molecule has 2 rings (SSSR count). The van der Waals surface area contributed by atoms with E-state index >= 15 is 0 Å². The minimum Gasteiger partial charge on any atom is -0.310 e. The van der Waals surface area contributed by atoms with Crippen LogP contribution in [0.15, 0.2) is 34.9 Å². The van der Waals surface area contributed by atoms with Gasteiger partial charge in [-0.1, -0.05) is 24.6 Å². The van der Waals surface area contributed by atoms with Gasteiger partial charge in [-0.2, -0.15) is 5.10 Å². The van der Waals surface area contributed by atoms with Gasteiger partial charge in [0.25, 0.3) is 0 Å². The molecule has 0 aliphatic rings. The number of nitrogens with zero attached hydrogens (tertiary/aromatic N) is 2. The first-order chi connectivity index (χ1) is 9.60. The van der Waals surface area contributed by atoms with Crippen molar-refractivity contribution in [1.82, 2.24) is 15.1 Å². The van der Waals surface area contributed by atoms with E-state index in [2.05, 4.69) is 51.5 Å². The third-order valence-electron chi connectivity index (χ3n) is 3.17. The molecule has 0 bridgehead atoms. The second kappa shape index (κ2) is 7.25. The average molecular weight is 357 g/mol. The lowest BCUT2D eigenvalue weighted by Gasteiger charge is -2.18. The standard InChI is InChI=1S/C15H19BrClN3/c1-3-7-18-15(10-12-6-8-20(2)19-12)11-4-5-14(17)13(16)9-11/h4-6,8-9,15,18H,3,7,10H2,1-2H3. The van der Waals surface area contributed by atoms with Crippen LogP contribution >= 0.6 is 27.5 Å². The molecule has 3 nitrogen and oxygen atoms in total. The van der Waals surface area contributed by atoms with Crippen LogP contribution in [0.3, 0.4) is 0 Å². The number of hydrogen-bond acceptors (Lipinski definition) is 2. The summed E-state index contributed by atoms with van der Waals surface area (Å²) in [5, 5.41) is 8.78. The maximum absolute atomic E-state index is 6.07. The van der Waals surface area contributed by atoms with Crippen LogP contribution in [0.4, 0.5) is 0 Å². The monoisotopic (exact) mass is 355 g/mol. The Morgan fingerprint density at radius 3 is 2.80 bits per heavy atom. The van der Waals surface area contributed by atoms with E-state index in [9.17, 15) is 0 Å². The third kappa shape index (κ3) is 4.08. The van der Waals surface area contributed by atoms with Crippen molar-refractivity contribution in [2.24, 2.45) is 7.05 Å². The molecule has 0 aliphatic heterocycles. The van der Waals surface area contributed by atoms with Gasteiger partial charge in [0.15, 0.2) is 0 Å². The zero-order valence-electron chi connectivity index (χ0n) is 11.7. The van der Waals surface area contributed by atoms with Gasteiger partial charge in [-0.15, -0.1) is 0 Å². The lowest BCUT2D eigenvalue weighted by Crippen LogP contribution is -2.24. The minimum absolute atomic E-state index is 0.249. The van der Waals surface area contributed by atoms with E-state index in [-0.39, 0.29) is 6.04 Å². The van der Waals surface area contributed by atoms with Crippen molar-refractivity contribution in [2.75, 3.05) is 6.54 Å². The number of halogens is 2. The van der Waals surface area contributed by atoms with Crippen LogP contribution in [0.25, 0.3) is 0 Å². The molecule has 0 amide bonds. The Bertz CT molecular complexity index is 568. The maximum atomic E-state index is 6.07. The first kappa shape index (κ1) is 15.5. The van der Waals surface area contributed by atoms with E-state index in [1.54, 1.807) is 0 Å². The van der Waals surface area contributed by atoms with Gasteiger partial charge in [0.1, 0.15) is 0 Å². The average Bonchev–Trinajstić information content (AvgIpc) is 2.83. The summed E-state index contributed by atoms with van der Waals surface area (Å²) in [5.41, 5.74) is 2.31. The Hall–Kier alpha value is -0.840. The van der Waals surface area contributed by atoms with Crippen molar-refractivity contribution in [2.45, 2.75) is 25.8 Å². The molecule has 1 aromatic heterocycles. The molecular formula is C15H19BrClN3. The van der Waals surface area contributed by atoms with E-state index < -0.39 is 0 Å². The molecule has 0 spiro atoms. The summed E-state index contributed by atoms with van der Waals surface area (Å²) in [6, 6.07) is 8.39. The summed E-state index contributed by atoms with van der Waals surface area (Å²) >= 11 is 9.56. The molecule has 1 unspecified atom stereocenters. The fourth-order valence-electron chi connectivity index (χ4n) is 2.14. The predicted octanol–water partition coefficient (Wildman–Crippen LogP) is 4.12. The van der Waals surface area contributed by atoms with E-state index in [1.165, 1.54) is 5.56 Å². The lowest BCUT2D eigenvalue weighted by atomic mass is 10.0. The summed E-state index contributed by atoms with van der Waals surface area (Å²) in [6.07, 6.45) is 3.95. The topological polar surface area (TPSA) is 29.9 Å². The Kier molecular flexibility index (Phi) is 5.64. The van der Waals surface area contributed by atoms with Crippen molar-refractivity contribution in [3.05, 3.63) is 51.2 Å². The molecule has 108 valence electrons. The molecule has 20 heavy (non-hydrogen) atoms. The Labute approximate surface area is 133 Å². The van der Waals surface area contributed by atoms with Crippen LogP contribution in [-0.2, 0) is 13.5 Å². The number of aromatic nitrogens is 2. The van der Waals surface area contributed by atoms with Gasteiger partial charge in [-0.25, -0.2) is 0 Å². The summed E-state index contributed by atoms with van der Waals surface area (Å²) in [6.45, 7) is 3.15. The van der Waals surface area contributed by atoms with Crippen molar-refractivity contribution >= 4 is 27.5 Å². The van der Waals surface area contributed by atoms with Crippen LogP contribution < -0.4 is 5.32 Å². The third-order valence-corrected chi connectivity index (χ3v) is 4.38. The van der Waals surface area contributed by atoms with E-state index in [4.69, 9.17) is 11.6 Å². The molecule has 0 saturated heterocycles. The number of hydrogen-bond donors (Lipinski definition) is 1. The first-order valence-corrected chi connectivity index (χ1v) is 7.94. The van der Waals surface area contributed by atoms with Gasteiger partial charge in [0.2, 0.25) is 0 Å². The van der Waals surface area contributed by atoms with Crippen molar-refractivity contribution in [1.29, 1.82) is 0 Å². The zero-order valence-corrected chi connectivity index (χ0v) is 14.1. The molecule has 2 aromatic rings. The first-order valence-electron chi connectivity index (χ1n) is 6.77. The van der Waals surface area contributed by atoms with E-state index in [0.717, 1.165) is 34.6 Å². The molecule has 0 saturated carbocycles. The van der Waals surface area contributed by atoms with Crippen molar-refractivity contribution in [3.63, 3.8) is 0 Å². The van der Waals surface area contributed by atoms with Gasteiger partial charge in [-0.3, -0.25) is 4.68 Å². The molecule has 5 heteroatoms. The molecule has 1 N–H and O–H groups in total. The molecule has 1 atom stereocenters. The number of nitrogens with one attached hydrogen (secondary N) is 1. The number of benzene rings is 1. The van der Waals surface area contributed by atoms with Gasteiger partial charge in [0, 0.05) is 30.2 Å². The van der Waals surface area contributed by atoms with E-state index in [0.29, 0.717) is 0 Å². The molecule has 0 fully saturated rings. The molecule has 0 radical (unpaired) electrons.